The average molecular weight is 308 g/mol. The first-order chi connectivity index (χ1) is 8.55. The molecule has 0 spiro atoms. The summed E-state index contributed by atoms with van der Waals surface area (Å²) < 4.78 is 27.1. The Morgan fingerprint density at radius 1 is 1.44 bits per heavy atom. The summed E-state index contributed by atoms with van der Waals surface area (Å²) >= 11 is 7.02. The van der Waals surface area contributed by atoms with E-state index in [1.54, 1.807) is 10.4 Å². The van der Waals surface area contributed by atoms with Crippen molar-refractivity contribution >= 4 is 33.0 Å². The van der Waals surface area contributed by atoms with E-state index >= 15 is 0 Å². The van der Waals surface area contributed by atoms with Crippen molar-refractivity contribution in [1.29, 1.82) is 0 Å². The molecule has 0 aromatic carbocycles. The second-order valence-electron chi connectivity index (χ2n) is 4.62. The molecule has 102 valence electrons. The Morgan fingerprint density at radius 3 is 2.89 bits per heavy atom. The Morgan fingerprint density at radius 2 is 2.22 bits per heavy atom. The van der Waals surface area contributed by atoms with Gasteiger partial charge in [-0.3, -0.25) is 0 Å². The van der Waals surface area contributed by atoms with Crippen molar-refractivity contribution < 1.29 is 8.42 Å². The third-order valence-corrected chi connectivity index (χ3v) is 7.10. The summed E-state index contributed by atoms with van der Waals surface area (Å²) in [5, 5.41) is 0. The first-order valence-corrected chi connectivity index (χ1v) is 9.01. The van der Waals surface area contributed by atoms with Crippen LogP contribution in [0.5, 0.6) is 0 Å². The molecule has 0 N–H and O–H groups in total. The lowest BCUT2D eigenvalue weighted by molar-refractivity contribution is 0.269. The van der Waals surface area contributed by atoms with Crippen molar-refractivity contribution in [3.8, 4) is 0 Å². The number of sulfonamides is 1. The zero-order valence-corrected chi connectivity index (χ0v) is 12.8. The lowest BCUT2D eigenvalue weighted by Gasteiger charge is -2.31. The number of hydrogen-bond donors (Lipinski definition) is 0. The third-order valence-electron chi connectivity index (χ3n) is 3.28. The summed E-state index contributed by atoms with van der Waals surface area (Å²) in [6.07, 6.45) is 3.77. The maximum absolute atomic E-state index is 12.5. The first-order valence-electron chi connectivity index (χ1n) is 6.22. The summed E-state index contributed by atoms with van der Waals surface area (Å²) in [5.41, 5.74) is 0. The van der Waals surface area contributed by atoms with Crippen LogP contribution in [0.2, 0.25) is 0 Å². The van der Waals surface area contributed by atoms with Gasteiger partial charge in [-0.1, -0.05) is 6.42 Å². The summed E-state index contributed by atoms with van der Waals surface area (Å²) in [6.45, 7) is 2.64. The fourth-order valence-corrected chi connectivity index (χ4v) is 5.77. The lowest BCUT2D eigenvalue weighted by atomic mass is 10.1. The highest BCUT2D eigenvalue weighted by molar-refractivity contribution is 7.91. The van der Waals surface area contributed by atoms with Gasteiger partial charge in [0.25, 0.3) is 10.0 Å². The Kier molecular flexibility index (Phi) is 4.69. The van der Waals surface area contributed by atoms with Crippen molar-refractivity contribution in [2.75, 3.05) is 12.4 Å². The molecule has 1 atom stereocenters. The van der Waals surface area contributed by atoms with Crippen molar-refractivity contribution in [2.24, 2.45) is 0 Å². The molecule has 1 aliphatic heterocycles. The highest BCUT2D eigenvalue weighted by Crippen LogP contribution is 2.29. The molecule has 1 fully saturated rings. The molecule has 0 amide bonds. The van der Waals surface area contributed by atoms with Crippen LogP contribution in [0.4, 0.5) is 0 Å². The van der Waals surface area contributed by atoms with E-state index in [1.165, 1.54) is 11.3 Å². The van der Waals surface area contributed by atoms with Gasteiger partial charge in [-0.15, -0.1) is 22.9 Å². The number of nitrogens with zero attached hydrogens (tertiary/aromatic N) is 1. The third kappa shape index (κ3) is 2.90. The van der Waals surface area contributed by atoms with Crippen LogP contribution in [0.1, 0.15) is 31.1 Å². The van der Waals surface area contributed by atoms with Gasteiger partial charge in [-0.2, -0.15) is 4.31 Å². The molecule has 0 bridgehead atoms. The summed E-state index contributed by atoms with van der Waals surface area (Å²) in [7, 11) is -3.30. The van der Waals surface area contributed by atoms with Gasteiger partial charge >= 0.3 is 0 Å². The number of alkyl halides is 1. The van der Waals surface area contributed by atoms with Crippen LogP contribution in [0, 0.1) is 0 Å². The van der Waals surface area contributed by atoms with E-state index in [9.17, 15) is 8.42 Å². The maximum Gasteiger partial charge on any atom is 0.252 e. The molecule has 1 unspecified atom stereocenters. The Bertz CT molecular complexity index is 498. The van der Waals surface area contributed by atoms with Crippen LogP contribution in [0.15, 0.2) is 16.3 Å². The van der Waals surface area contributed by atoms with E-state index in [2.05, 4.69) is 0 Å². The number of halogens is 1. The van der Waals surface area contributed by atoms with Crippen molar-refractivity contribution in [1.82, 2.24) is 4.31 Å². The number of rotatable bonds is 4. The first kappa shape index (κ1) is 14.3. The van der Waals surface area contributed by atoms with Crippen LogP contribution in [0.25, 0.3) is 0 Å². The summed E-state index contributed by atoms with van der Waals surface area (Å²) in [6, 6.07) is 3.69. The predicted molar refractivity (Wildman–Crippen MR) is 75.9 cm³/mol. The lowest BCUT2D eigenvalue weighted by Crippen LogP contribution is -2.41. The van der Waals surface area contributed by atoms with Crippen LogP contribution < -0.4 is 0 Å². The predicted octanol–water partition coefficient (Wildman–Crippen LogP) is 3.09. The minimum atomic E-state index is -3.30. The zero-order valence-electron chi connectivity index (χ0n) is 10.4. The van der Waals surface area contributed by atoms with Crippen LogP contribution in [-0.2, 0) is 16.4 Å². The molecular formula is C12H18ClNO2S2. The topological polar surface area (TPSA) is 37.4 Å². The van der Waals surface area contributed by atoms with Crippen LogP contribution in [-0.4, -0.2) is 31.2 Å². The molecule has 6 heteroatoms. The van der Waals surface area contributed by atoms with Crippen molar-refractivity contribution in [3.05, 3.63) is 17.0 Å². The van der Waals surface area contributed by atoms with E-state index < -0.39 is 10.0 Å². The van der Waals surface area contributed by atoms with Gasteiger partial charge in [0.05, 0.1) is 0 Å². The monoisotopic (exact) mass is 307 g/mol. The van der Waals surface area contributed by atoms with E-state index in [0.717, 1.165) is 30.6 Å². The SMILES string of the molecule is CC1CCCCN1S(=O)(=O)c1ccc(CCCl)s1. The smallest absolute Gasteiger partial charge is 0.206 e. The molecule has 2 rings (SSSR count). The Balaban J connectivity index is 2.23. The standard InChI is InChI=1S/C12H18ClNO2S2/c1-10-4-2-3-9-14(10)18(15,16)12-6-5-11(17-12)7-8-13/h5-6,10H,2-4,7-9H2,1H3. The van der Waals surface area contributed by atoms with Gasteiger partial charge in [0.15, 0.2) is 0 Å². The van der Waals surface area contributed by atoms with Crippen molar-refractivity contribution in [2.45, 2.75) is 42.9 Å². The average Bonchev–Trinajstić information content (AvgIpc) is 2.79. The van der Waals surface area contributed by atoms with Gasteiger partial charge in [-0.05, 0) is 38.3 Å². The molecule has 1 aromatic heterocycles. The van der Waals surface area contributed by atoms with E-state index in [4.69, 9.17) is 11.6 Å². The normalized spacial score (nSPS) is 22.2. The summed E-state index contributed by atoms with van der Waals surface area (Å²) in [5.74, 6) is 0.528. The van der Waals surface area contributed by atoms with Crippen LogP contribution >= 0.6 is 22.9 Å². The second-order valence-corrected chi connectivity index (χ2v) is 8.28. The Hall–Kier alpha value is -0.100. The molecule has 1 aromatic rings. The molecule has 0 radical (unpaired) electrons. The van der Waals surface area contributed by atoms with Gasteiger partial charge in [0.2, 0.25) is 0 Å². The Labute approximate surface area is 118 Å². The van der Waals surface area contributed by atoms with E-state index in [1.807, 2.05) is 13.0 Å². The molecule has 3 nitrogen and oxygen atoms in total. The quantitative estimate of drug-likeness (QED) is 0.802. The van der Waals surface area contributed by atoms with Gasteiger partial charge in [0.1, 0.15) is 4.21 Å². The number of hydrogen-bond acceptors (Lipinski definition) is 3. The molecule has 0 saturated carbocycles. The fraction of sp³-hybridized carbons (Fsp3) is 0.667. The van der Waals surface area contributed by atoms with Crippen molar-refractivity contribution in [3.63, 3.8) is 0 Å². The molecule has 1 aliphatic rings. The van der Waals surface area contributed by atoms with E-state index in [-0.39, 0.29) is 6.04 Å². The molecule has 18 heavy (non-hydrogen) atoms. The number of aryl methyl sites for hydroxylation is 1. The van der Waals surface area contributed by atoms with Gasteiger partial charge in [0, 0.05) is 23.3 Å². The number of piperidine rings is 1. The fourth-order valence-electron chi connectivity index (χ4n) is 2.27. The minimum absolute atomic E-state index is 0.113. The highest BCUT2D eigenvalue weighted by Gasteiger charge is 2.31. The van der Waals surface area contributed by atoms with Gasteiger partial charge in [-0.25, -0.2) is 8.42 Å². The van der Waals surface area contributed by atoms with Gasteiger partial charge < -0.3 is 0 Å². The summed E-state index contributed by atoms with van der Waals surface area (Å²) in [4.78, 5) is 1.04. The van der Waals surface area contributed by atoms with E-state index in [0.29, 0.717) is 16.6 Å². The largest absolute Gasteiger partial charge is 0.252 e. The van der Waals surface area contributed by atoms with Crippen LogP contribution in [0.3, 0.4) is 0 Å². The molecule has 2 heterocycles. The number of thiophene rings is 1. The molecule has 0 aliphatic carbocycles. The minimum Gasteiger partial charge on any atom is -0.206 e. The zero-order chi connectivity index (χ0) is 13.2. The second kappa shape index (κ2) is 5.90. The maximum atomic E-state index is 12.5. The molecule has 1 saturated heterocycles. The molecular weight excluding hydrogens is 290 g/mol. The highest BCUT2D eigenvalue weighted by atomic mass is 35.5.